The zero-order valence-corrected chi connectivity index (χ0v) is 15.2. The van der Waals surface area contributed by atoms with Crippen LogP contribution in [0.4, 0.5) is 5.82 Å². The second-order valence-electron chi connectivity index (χ2n) is 5.31. The molecule has 0 unspecified atom stereocenters. The van der Waals surface area contributed by atoms with E-state index in [0.29, 0.717) is 0 Å². The molecule has 8 heteroatoms. The van der Waals surface area contributed by atoms with Crippen LogP contribution < -0.4 is 9.88 Å². The van der Waals surface area contributed by atoms with Crippen LogP contribution in [0.15, 0.2) is 18.3 Å². The van der Waals surface area contributed by atoms with E-state index in [2.05, 4.69) is 39.0 Å². The fourth-order valence-electron chi connectivity index (χ4n) is 1.18. The zero-order valence-electron chi connectivity index (χ0n) is 12.1. The molecule has 0 aliphatic rings. The number of hydrogen-bond acceptors (Lipinski definition) is 2. The van der Waals surface area contributed by atoms with Crippen LogP contribution in [0, 0.1) is 12.3 Å². The number of halogens is 3. The number of aryl methyl sites for hydroxylation is 2. The van der Waals surface area contributed by atoms with E-state index in [1.54, 1.807) is 0 Å². The van der Waals surface area contributed by atoms with Gasteiger partial charge >= 0.3 is 11.1 Å². The van der Waals surface area contributed by atoms with E-state index < -0.39 is 5.20 Å². The average Bonchev–Trinajstić information content (AvgIpc) is 2.18. The van der Waals surface area contributed by atoms with Gasteiger partial charge in [0.15, 0.2) is 0 Å². The third-order valence-corrected chi connectivity index (χ3v) is 2.20. The first kappa shape index (κ1) is 19.7. The summed E-state index contributed by atoms with van der Waals surface area (Å²) in [6.45, 7) is 7.72. The Morgan fingerprint density at radius 3 is 2.05 bits per heavy atom. The molecule has 20 heavy (non-hydrogen) atoms. The van der Waals surface area contributed by atoms with E-state index in [0.717, 1.165) is 5.82 Å². The molecule has 0 radical (unpaired) electrons. The number of carbonyl (C=O) groups is 1. The Balaban J connectivity index is 0.000000621. The van der Waals surface area contributed by atoms with Gasteiger partial charge < -0.3 is 0 Å². The standard InChI is InChI=1S/C12H18N2O.Cl3OP/c1-9-6-7-10(14(5)8-9)13-11(15)12(2,3)4;1-5(2,3)4/h6-8H,1-5H3;/p+1. The van der Waals surface area contributed by atoms with E-state index in [1.807, 2.05) is 57.6 Å². The lowest BCUT2D eigenvalue weighted by Gasteiger charge is -2.13. The first-order valence-electron chi connectivity index (χ1n) is 5.77. The van der Waals surface area contributed by atoms with E-state index in [4.69, 9.17) is 0 Å². The van der Waals surface area contributed by atoms with Gasteiger partial charge in [0, 0.05) is 6.07 Å². The number of anilines is 1. The Morgan fingerprint density at radius 2 is 1.70 bits per heavy atom. The summed E-state index contributed by atoms with van der Waals surface area (Å²) in [6.07, 6.45) is 1.98. The summed E-state index contributed by atoms with van der Waals surface area (Å²) >= 11 is 13.8. The lowest BCUT2D eigenvalue weighted by molar-refractivity contribution is -0.657. The van der Waals surface area contributed by atoms with E-state index >= 15 is 0 Å². The summed E-state index contributed by atoms with van der Waals surface area (Å²) in [6, 6.07) is 3.90. The number of aromatic nitrogens is 1. The third kappa shape index (κ3) is 9.60. The van der Waals surface area contributed by atoms with Gasteiger partial charge in [-0.05, 0) is 73.0 Å². The highest BCUT2D eigenvalue weighted by Crippen LogP contribution is 2.61. The van der Waals surface area contributed by atoms with Gasteiger partial charge in [0.1, 0.15) is 0 Å². The van der Waals surface area contributed by atoms with Gasteiger partial charge in [-0.3, -0.25) is 4.57 Å². The number of pyridine rings is 1. The lowest BCUT2D eigenvalue weighted by Crippen LogP contribution is -2.37. The molecule has 1 aromatic heterocycles. The average molecular weight is 361 g/mol. The topological polar surface area (TPSA) is 50.1 Å². The second kappa shape index (κ2) is 7.65. The second-order valence-corrected chi connectivity index (χ2v) is 11.9. The maximum atomic E-state index is 11.7. The molecule has 1 amide bonds. The quantitative estimate of drug-likeness (QED) is 0.587. The molecule has 0 saturated carbocycles. The number of carbonyl (C=O) groups excluding carboxylic acids is 1. The molecule has 1 heterocycles. The van der Waals surface area contributed by atoms with Crippen molar-refractivity contribution in [2.75, 3.05) is 5.32 Å². The molecule has 0 spiro atoms. The minimum Gasteiger partial charge on any atom is -0.271 e. The lowest BCUT2D eigenvalue weighted by atomic mass is 9.96. The van der Waals surface area contributed by atoms with Crippen LogP contribution in [0.1, 0.15) is 26.3 Å². The number of nitrogens with one attached hydrogen (secondary N) is 1. The van der Waals surface area contributed by atoms with Crippen molar-refractivity contribution in [1.82, 2.24) is 0 Å². The fourth-order valence-corrected chi connectivity index (χ4v) is 1.18. The molecular weight excluding hydrogens is 341 g/mol. The van der Waals surface area contributed by atoms with Gasteiger partial charge in [-0.2, -0.15) is 0 Å². The monoisotopic (exact) mass is 359 g/mol. The maximum absolute atomic E-state index is 11.7. The molecule has 0 aliphatic carbocycles. The molecule has 0 bridgehead atoms. The largest absolute Gasteiger partial charge is 0.339 e. The number of nitrogens with zero attached hydrogens (tertiary/aromatic N) is 1. The highest BCUT2D eigenvalue weighted by molar-refractivity contribution is 8.24. The predicted octanol–water partition coefficient (Wildman–Crippen LogP) is 4.62. The maximum Gasteiger partial charge on any atom is 0.339 e. The molecule has 1 N–H and O–H groups in total. The van der Waals surface area contributed by atoms with Gasteiger partial charge in [0.25, 0.3) is 5.82 Å². The van der Waals surface area contributed by atoms with Gasteiger partial charge in [0.2, 0.25) is 0 Å². The van der Waals surface area contributed by atoms with Crippen molar-refractivity contribution in [1.29, 1.82) is 0 Å². The van der Waals surface area contributed by atoms with Crippen molar-refractivity contribution in [3.63, 3.8) is 0 Å². The summed E-state index contributed by atoms with van der Waals surface area (Å²) in [5.74, 6) is 0.850. The number of hydrogen-bond donors (Lipinski definition) is 1. The third-order valence-electron chi connectivity index (χ3n) is 2.20. The number of amides is 1. The normalized spacial score (nSPS) is 11.4. The van der Waals surface area contributed by atoms with Crippen LogP contribution in [0.25, 0.3) is 0 Å². The van der Waals surface area contributed by atoms with E-state index in [9.17, 15) is 9.36 Å². The van der Waals surface area contributed by atoms with E-state index in [1.165, 1.54) is 5.56 Å². The van der Waals surface area contributed by atoms with Crippen molar-refractivity contribution in [3.05, 3.63) is 23.9 Å². The molecule has 0 atom stereocenters. The van der Waals surface area contributed by atoms with Crippen molar-refractivity contribution >= 4 is 50.6 Å². The first-order chi connectivity index (χ1) is 8.80. The Morgan fingerprint density at radius 1 is 1.25 bits per heavy atom. The van der Waals surface area contributed by atoms with Gasteiger partial charge in [0.05, 0.1) is 18.7 Å². The molecule has 114 valence electrons. The Bertz CT molecular complexity index is 516. The molecule has 0 aromatic carbocycles. The molecular formula is C12H19Cl3N2O2P+. The van der Waals surface area contributed by atoms with Gasteiger partial charge in [-0.1, -0.05) is 0 Å². The molecule has 4 nitrogen and oxygen atoms in total. The van der Waals surface area contributed by atoms with Gasteiger partial charge in [-0.15, -0.1) is 0 Å². The molecule has 1 rings (SSSR count). The van der Waals surface area contributed by atoms with Crippen LogP contribution in [0.3, 0.4) is 0 Å². The van der Waals surface area contributed by atoms with Crippen LogP contribution in [0.5, 0.6) is 0 Å². The summed E-state index contributed by atoms with van der Waals surface area (Å²) in [4.78, 5) is 11.7. The molecule has 0 saturated heterocycles. The highest BCUT2D eigenvalue weighted by atomic mass is 36.0. The predicted molar refractivity (Wildman–Crippen MR) is 85.6 cm³/mol. The highest BCUT2D eigenvalue weighted by Gasteiger charge is 2.26. The van der Waals surface area contributed by atoms with Crippen LogP contribution >= 0.6 is 38.9 Å². The molecule has 0 aliphatic heterocycles. The minimum absolute atomic E-state index is 0.0296. The summed E-state index contributed by atoms with van der Waals surface area (Å²) in [5, 5.41) is -0.321. The van der Waals surface area contributed by atoms with Crippen molar-refractivity contribution in [2.24, 2.45) is 12.5 Å². The van der Waals surface area contributed by atoms with Crippen molar-refractivity contribution in [2.45, 2.75) is 27.7 Å². The zero-order chi connectivity index (χ0) is 16.1. The summed E-state index contributed by atoms with van der Waals surface area (Å²) < 4.78 is 11.4. The SMILES string of the molecule is Cc1ccc(NC(=O)C(C)(C)C)[n+](C)c1.O=P(Cl)(Cl)Cl. The van der Waals surface area contributed by atoms with Crippen molar-refractivity contribution in [3.8, 4) is 0 Å². The Kier molecular flexibility index (Phi) is 7.54. The van der Waals surface area contributed by atoms with Crippen molar-refractivity contribution < 1.29 is 13.9 Å². The smallest absolute Gasteiger partial charge is 0.271 e. The summed E-state index contributed by atoms with van der Waals surface area (Å²) in [7, 11) is 1.92. The van der Waals surface area contributed by atoms with E-state index in [-0.39, 0.29) is 11.3 Å². The van der Waals surface area contributed by atoms with Gasteiger partial charge in [-0.25, -0.2) is 14.7 Å². The number of rotatable bonds is 1. The summed E-state index contributed by atoms with van der Waals surface area (Å²) in [5.41, 5.74) is 0.809. The first-order valence-corrected chi connectivity index (χ1v) is 10.2. The molecule has 1 aromatic rings. The molecule has 0 fully saturated rings. The van der Waals surface area contributed by atoms with Crippen LogP contribution in [0.2, 0.25) is 0 Å². The van der Waals surface area contributed by atoms with Crippen LogP contribution in [-0.2, 0) is 16.4 Å². The minimum atomic E-state index is -3.22. The van der Waals surface area contributed by atoms with Crippen LogP contribution in [-0.4, -0.2) is 5.91 Å². The Hall–Kier alpha value is -0.280. The Labute approximate surface area is 134 Å². The fraction of sp³-hybridized carbons (Fsp3) is 0.500.